The highest BCUT2D eigenvalue weighted by atomic mass is 32.1. The Balaban J connectivity index is 2.09. The second-order valence-electron chi connectivity index (χ2n) is 3.31. The summed E-state index contributed by atoms with van der Waals surface area (Å²) in [5.41, 5.74) is 0. The van der Waals surface area contributed by atoms with Gasteiger partial charge in [-0.3, -0.25) is 0 Å². The molecule has 0 fully saturated rings. The molecule has 16 heavy (non-hydrogen) atoms. The number of hydrogen-bond donors (Lipinski definition) is 1. The number of ether oxygens (including phenoxy) is 1. The third kappa shape index (κ3) is 2.59. The molecule has 0 spiro atoms. The zero-order valence-corrected chi connectivity index (χ0v) is 9.95. The topological polar surface area (TPSA) is 60.2 Å². The van der Waals surface area contributed by atoms with Crippen LogP contribution in [0.5, 0.6) is 0 Å². The Hall–Kier alpha value is -1.40. The number of furan rings is 1. The van der Waals surface area contributed by atoms with E-state index in [1.165, 1.54) is 11.5 Å². The molecule has 0 saturated heterocycles. The highest BCUT2D eigenvalue weighted by Crippen LogP contribution is 2.21. The smallest absolute Gasteiger partial charge is 0.203 e. The van der Waals surface area contributed by atoms with E-state index in [2.05, 4.69) is 14.7 Å². The minimum absolute atomic E-state index is 0.0349. The summed E-state index contributed by atoms with van der Waals surface area (Å²) in [7, 11) is 1.66. The zero-order valence-electron chi connectivity index (χ0n) is 9.14. The van der Waals surface area contributed by atoms with Gasteiger partial charge in [0.15, 0.2) is 0 Å². The van der Waals surface area contributed by atoms with Crippen LogP contribution in [0.1, 0.15) is 17.6 Å². The second kappa shape index (κ2) is 5.09. The van der Waals surface area contributed by atoms with Crippen LogP contribution in [0, 0.1) is 6.92 Å². The Bertz CT molecular complexity index is 427. The lowest BCUT2D eigenvalue weighted by Gasteiger charge is -2.14. The summed E-state index contributed by atoms with van der Waals surface area (Å²) in [5.74, 6) is 1.60. The van der Waals surface area contributed by atoms with E-state index < -0.39 is 0 Å². The molecular weight excluding hydrogens is 226 g/mol. The number of nitrogens with zero attached hydrogens (tertiary/aromatic N) is 2. The lowest BCUT2D eigenvalue weighted by atomic mass is 10.2. The highest BCUT2D eigenvalue weighted by Gasteiger charge is 2.15. The van der Waals surface area contributed by atoms with E-state index in [0.717, 1.165) is 16.7 Å². The van der Waals surface area contributed by atoms with Crippen LogP contribution in [-0.4, -0.2) is 23.1 Å². The normalized spacial score (nSPS) is 12.6. The van der Waals surface area contributed by atoms with Crippen molar-refractivity contribution in [2.24, 2.45) is 0 Å². The van der Waals surface area contributed by atoms with E-state index in [9.17, 15) is 0 Å². The molecule has 1 N–H and O–H groups in total. The quantitative estimate of drug-likeness (QED) is 0.867. The Morgan fingerprint density at radius 1 is 1.62 bits per heavy atom. The van der Waals surface area contributed by atoms with Gasteiger partial charge in [-0.25, -0.2) is 4.98 Å². The van der Waals surface area contributed by atoms with Crippen LogP contribution < -0.4 is 5.32 Å². The SMILES string of the molecule is COCC(Nc1nc(C)ns1)c1ccco1. The molecular formula is C10H13N3O2S. The molecule has 86 valence electrons. The molecule has 0 saturated carbocycles. The van der Waals surface area contributed by atoms with Crippen molar-refractivity contribution in [3.8, 4) is 0 Å². The maximum absolute atomic E-state index is 5.34. The zero-order chi connectivity index (χ0) is 11.4. The minimum Gasteiger partial charge on any atom is -0.467 e. The maximum atomic E-state index is 5.34. The summed E-state index contributed by atoms with van der Waals surface area (Å²) in [5, 5.41) is 4.00. The summed E-state index contributed by atoms with van der Waals surface area (Å²) >= 11 is 1.33. The molecule has 6 heteroatoms. The van der Waals surface area contributed by atoms with Crippen LogP contribution in [0.2, 0.25) is 0 Å². The Morgan fingerprint density at radius 2 is 2.50 bits per heavy atom. The van der Waals surface area contributed by atoms with E-state index >= 15 is 0 Å². The lowest BCUT2D eigenvalue weighted by molar-refractivity contribution is 0.179. The second-order valence-corrected chi connectivity index (χ2v) is 4.07. The van der Waals surface area contributed by atoms with Gasteiger partial charge in [0.2, 0.25) is 5.13 Å². The van der Waals surface area contributed by atoms with Crippen molar-refractivity contribution in [3.05, 3.63) is 30.0 Å². The summed E-state index contributed by atoms with van der Waals surface area (Å²) in [6.07, 6.45) is 1.64. The third-order valence-electron chi connectivity index (χ3n) is 2.05. The van der Waals surface area contributed by atoms with Gasteiger partial charge in [-0.1, -0.05) is 0 Å². The number of nitrogens with one attached hydrogen (secondary N) is 1. The maximum Gasteiger partial charge on any atom is 0.203 e. The average molecular weight is 239 g/mol. The van der Waals surface area contributed by atoms with Crippen molar-refractivity contribution >= 4 is 16.7 Å². The van der Waals surface area contributed by atoms with Gasteiger partial charge in [0, 0.05) is 18.6 Å². The fourth-order valence-corrected chi connectivity index (χ4v) is 1.98. The van der Waals surface area contributed by atoms with Crippen LogP contribution in [-0.2, 0) is 4.74 Å². The Kier molecular flexibility index (Phi) is 3.53. The third-order valence-corrected chi connectivity index (χ3v) is 2.78. The molecule has 0 aliphatic heterocycles. The van der Waals surface area contributed by atoms with Crippen LogP contribution in [0.4, 0.5) is 5.13 Å². The number of methoxy groups -OCH3 is 1. The van der Waals surface area contributed by atoms with Crippen molar-refractivity contribution in [2.75, 3.05) is 19.0 Å². The molecule has 1 unspecified atom stereocenters. The van der Waals surface area contributed by atoms with Crippen molar-refractivity contribution < 1.29 is 9.15 Å². The molecule has 0 amide bonds. The van der Waals surface area contributed by atoms with Crippen LogP contribution in [0.25, 0.3) is 0 Å². The van der Waals surface area contributed by atoms with E-state index in [0.29, 0.717) is 6.61 Å². The van der Waals surface area contributed by atoms with Gasteiger partial charge in [-0.2, -0.15) is 4.37 Å². The van der Waals surface area contributed by atoms with Gasteiger partial charge in [0.25, 0.3) is 0 Å². The average Bonchev–Trinajstić information content (AvgIpc) is 2.88. The first-order valence-corrected chi connectivity index (χ1v) is 5.66. The molecule has 2 aromatic rings. The monoisotopic (exact) mass is 239 g/mol. The predicted molar refractivity (Wildman–Crippen MR) is 61.6 cm³/mol. The molecule has 5 nitrogen and oxygen atoms in total. The van der Waals surface area contributed by atoms with Crippen LogP contribution >= 0.6 is 11.5 Å². The van der Waals surface area contributed by atoms with Crippen molar-refractivity contribution in [1.82, 2.24) is 9.36 Å². The number of anilines is 1. The van der Waals surface area contributed by atoms with Gasteiger partial charge in [-0.15, -0.1) is 0 Å². The first-order chi connectivity index (χ1) is 7.79. The molecule has 0 aliphatic carbocycles. The van der Waals surface area contributed by atoms with E-state index in [1.807, 2.05) is 19.1 Å². The molecule has 0 aromatic carbocycles. The summed E-state index contributed by atoms with van der Waals surface area (Å²) in [6, 6.07) is 3.72. The van der Waals surface area contributed by atoms with Gasteiger partial charge in [-0.05, 0) is 19.1 Å². The minimum atomic E-state index is -0.0349. The molecule has 2 heterocycles. The van der Waals surface area contributed by atoms with Crippen LogP contribution in [0.15, 0.2) is 22.8 Å². The number of aryl methyl sites for hydroxylation is 1. The lowest BCUT2D eigenvalue weighted by Crippen LogP contribution is -2.15. The van der Waals surface area contributed by atoms with Crippen molar-refractivity contribution in [2.45, 2.75) is 13.0 Å². The fraction of sp³-hybridized carbons (Fsp3) is 0.400. The first-order valence-electron chi connectivity index (χ1n) is 4.89. The van der Waals surface area contributed by atoms with Crippen LogP contribution in [0.3, 0.4) is 0 Å². The first kappa shape index (κ1) is 11.1. The van der Waals surface area contributed by atoms with Crippen molar-refractivity contribution in [1.29, 1.82) is 0 Å². The Labute approximate surface area is 97.6 Å². The van der Waals surface area contributed by atoms with Gasteiger partial charge < -0.3 is 14.5 Å². The van der Waals surface area contributed by atoms with Gasteiger partial charge in [0.1, 0.15) is 17.6 Å². The molecule has 0 aliphatic rings. The van der Waals surface area contributed by atoms with Gasteiger partial charge in [0.05, 0.1) is 12.9 Å². The number of hydrogen-bond acceptors (Lipinski definition) is 6. The van der Waals surface area contributed by atoms with E-state index in [-0.39, 0.29) is 6.04 Å². The molecule has 0 bridgehead atoms. The predicted octanol–water partition coefficient (Wildman–Crippen LogP) is 2.24. The molecule has 1 atom stereocenters. The molecule has 2 aromatic heterocycles. The standard InChI is InChI=1S/C10H13N3O2S/c1-7-11-10(16-13-7)12-8(6-14-2)9-4-3-5-15-9/h3-5,8H,6H2,1-2H3,(H,11,12,13). The highest BCUT2D eigenvalue weighted by molar-refractivity contribution is 7.09. The largest absolute Gasteiger partial charge is 0.467 e. The number of rotatable bonds is 5. The van der Waals surface area contributed by atoms with E-state index in [4.69, 9.17) is 9.15 Å². The summed E-state index contributed by atoms with van der Waals surface area (Å²) < 4.78 is 14.6. The van der Waals surface area contributed by atoms with Crippen molar-refractivity contribution in [3.63, 3.8) is 0 Å². The molecule has 2 rings (SSSR count). The summed E-state index contributed by atoms with van der Waals surface area (Å²) in [6.45, 7) is 2.38. The number of aromatic nitrogens is 2. The fourth-order valence-electron chi connectivity index (χ4n) is 1.36. The van der Waals surface area contributed by atoms with Gasteiger partial charge >= 0.3 is 0 Å². The van der Waals surface area contributed by atoms with E-state index in [1.54, 1.807) is 13.4 Å². The Morgan fingerprint density at radius 3 is 3.06 bits per heavy atom. The summed E-state index contributed by atoms with van der Waals surface area (Å²) in [4.78, 5) is 4.24. The molecule has 0 radical (unpaired) electrons.